The van der Waals surface area contributed by atoms with Crippen molar-refractivity contribution in [3.63, 3.8) is 0 Å². The van der Waals surface area contributed by atoms with Gasteiger partial charge in [0.25, 0.3) is 0 Å². The van der Waals surface area contributed by atoms with Crippen LogP contribution in [-0.4, -0.2) is 16.2 Å². The molecule has 2 N–H and O–H groups in total. The van der Waals surface area contributed by atoms with Crippen LogP contribution >= 0.6 is 11.6 Å². The monoisotopic (exact) mass is 254 g/mol. The third-order valence-corrected chi connectivity index (χ3v) is 3.67. The molecule has 0 amide bonds. The van der Waals surface area contributed by atoms with Crippen molar-refractivity contribution in [3.8, 4) is 5.75 Å². The number of carbonyl (C=O) groups is 1. The molecule has 1 saturated carbocycles. The van der Waals surface area contributed by atoms with E-state index in [1.54, 1.807) is 12.1 Å². The van der Waals surface area contributed by atoms with E-state index in [0.29, 0.717) is 17.0 Å². The largest absolute Gasteiger partial charge is 0.507 e. The number of carboxylic acid groups (broad SMARTS) is 1. The van der Waals surface area contributed by atoms with Crippen LogP contribution in [0.15, 0.2) is 12.1 Å². The van der Waals surface area contributed by atoms with Gasteiger partial charge in [0.2, 0.25) is 0 Å². The van der Waals surface area contributed by atoms with E-state index in [1.807, 2.05) is 6.92 Å². The van der Waals surface area contributed by atoms with Crippen LogP contribution in [0.2, 0.25) is 5.02 Å². The molecule has 0 bridgehead atoms. The molecule has 1 aliphatic rings. The third-order valence-electron chi connectivity index (χ3n) is 3.45. The van der Waals surface area contributed by atoms with E-state index in [9.17, 15) is 9.90 Å². The normalized spacial score (nSPS) is 16.8. The van der Waals surface area contributed by atoms with E-state index in [0.717, 1.165) is 18.4 Å². The Labute approximate surface area is 105 Å². The molecule has 0 radical (unpaired) electrons. The van der Waals surface area contributed by atoms with Gasteiger partial charge in [-0.3, -0.25) is 4.79 Å². The molecule has 2 rings (SSSR count). The van der Waals surface area contributed by atoms with Crippen molar-refractivity contribution in [2.45, 2.75) is 38.0 Å². The van der Waals surface area contributed by atoms with Gasteiger partial charge in [0, 0.05) is 16.0 Å². The molecule has 0 atom stereocenters. The minimum Gasteiger partial charge on any atom is -0.507 e. The van der Waals surface area contributed by atoms with Crippen molar-refractivity contribution < 1.29 is 15.0 Å². The molecule has 1 aromatic rings. The molecule has 0 aliphatic heterocycles. The maximum absolute atomic E-state index is 10.9. The fourth-order valence-corrected chi connectivity index (χ4v) is 2.55. The number of hydrogen-bond donors (Lipinski definition) is 2. The van der Waals surface area contributed by atoms with Crippen molar-refractivity contribution in [1.82, 2.24) is 0 Å². The number of aliphatic carboxylic acids is 1. The highest BCUT2D eigenvalue weighted by molar-refractivity contribution is 6.30. The van der Waals surface area contributed by atoms with Crippen molar-refractivity contribution in [2.24, 2.45) is 0 Å². The van der Waals surface area contributed by atoms with Crippen molar-refractivity contribution >= 4 is 17.6 Å². The molecule has 0 heterocycles. The van der Waals surface area contributed by atoms with Gasteiger partial charge in [-0.1, -0.05) is 18.5 Å². The van der Waals surface area contributed by atoms with Gasteiger partial charge in [-0.05, 0) is 37.0 Å². The summed E-state index contributed by atoms with van der Waals surface area (Å²) in [6.07, 6.45) is 2.35. The number of hydrogen-bond acceptors (Lipinski definition) is 2. The van der Waals surface area contributed by atoms with Gasteiger partial charge < -0.3 is 10.2 Å². The Morgan fingerprint density at radius 3 is 2.59 bits per heavy atom. The summed E-state index contributed by atoms with van der Waals surface area (Å²) in [6, 6.07) is 3.43. The van der Waals surface area contributed by atoms with Crippen LogP contribution in [0.25, 0.3) is 0 Å². The highest BCUT2D eigenvalue weighted by Gasteiger charge is 2.48. The average molecular weight is 255 g/mol. The Balaban J connectivity index is 2.45. The second-order valence-corrected chi connectivity index (χ2v) is 5.10. The molecule has 1 aromatic carbocycles. The molecule has 3 nitrogen and oxygen atoms in total. The molecule has 0 spiro atoms. The Morgan fingerprint density at radius 1 is 1.47 bits per heavy atom. The summed E-state index contributed by atoms with van der Waals surface area (Å²) in [5, 5.41) is 19.6. The Morgan fingerprint density at radius 2 is 2.12 bits per heavy atom. The number of halogens is 1. The van der Waals surface area contributed by atoms with Gasteiger partial charge >= 0.3 is 5.97 Å². The predicted molar refractivity (Wildman–Crippen MR) is 65.7 cm³/mol. The lowest BCUT2D eigenvalue weighted by atomic mass is 9.89. The second kappa shape index (κ2) is 4.22. The van der Waals surface area contributed by atoms with Gasteiger partial charge in [0.1, 0.15) is 5.75 Å². The Hall–Kier alpha value is -1.22. The smallest absolute Gasteiger partial charge is 0.304 e. The summed E-state index contributed by atoms with van der Waals surface area (Å²) in [7, 11) is 0. The van der Waals surface area contributed by atoms with Crippen molar-refractivity contribution in [2.75, 3.05) is 0 Å². The minimum absolute atomic E-state index is 0.0596. The molecular weight excluding hydrogens is 240 g/mol. The van der Waals surface area contributed by atoms with E-state index in [2.05, 4.69) is 0 Å². The van der Waals surface area contributed by atoms with Gasteiger partial charge in [0.05, 0.1) is 6.42 Å². The number of carboxylic acids is 1. The topological polar surface area (TPSA) is 57.5 Å². The van der Waals surface area contributed by atoms with Gasteiger partial charge in [-0.15, -0.1) is 0 Å². The van der Waals surface area contributed by atoms with E-state index < -0.39 is 11.4 Å². The summed E-state index contributed by atoms with van der Waals surface area (Å²) >= 11 is 6.01. The number of phenols is 1. The van der Waals surface area contributed by atoms with Crippen LogP contribution < -0.4 is 0 Å². The van der Waals surface area contributed by atoms with Crippen LogP contribution in [-0.2, 0) is 16.6 Å². The molecule has 0 unspecified atom stereocenters. The number of benzene rings is 1. The van der Waals surface area contributed by atoms with Crippen LogP contribution in [0.1, 0.15) is 37.3 Å². The number of aryl methyl sites for hydroxylation is 1. The molecule has 4 heteroatoms. The standard InChI is InChI=1S/C13H15ClO3/c1-2-8-5-9(14)6-10(12(8)17)13(3-4-13)7-11(15)16/h5-6,17H,2-4,7H2,1H3,(H,15,16). The lowest BCUT2D eigenvalue weighted by Gasteiger charge is -2.17. The quantitative estimate of drug-likeness (QED) is 0.868. The molecule has 0 aromatic heterocycles. The molecule has 1 aliphatic carbocycles. The van der Waals surface area contributed by atoms with Gasteiger partial charge in [0.15, 0.2) is 0 Å². The van der Waals surface area contributed by atoms with E-state index in [-0.39, 0.29) is 12.2 Å². The average Bonchev–Trinajstić information content (AvgIpc) is 3.00. The van der Waals surface area contributed by atoms with Crippen LogP contribution in [0.4, 0.5) is 0 Å². The van der Waals surface area contributed by atoms with E-state index >= 15 is 0 Å². The van der Waals surface area contributed by atoms with E-state index in [4.69, 9.17) is 16.7 Å². The first-order valence-electron chi connectivity index (χ1n) is 5.72. The fraction of sp³-hybridized carbons (Fsp3) is 0.462. The molecule has 0 saturated heterocycles. The van der Waals surface area contributed by atoms with Crippen LogP contribution in [0.3, 0.4) is 0 Å². The highest BCUT2D eigenvalue weighted by atomic mass is 35.5. The first-order valence-corrected chi connectivity index (χ1v) is 6.10. The summed E-state index contributed by atoms with van der Waals surface area (Å²) < 4.78 is 0. The van der Waals surface area contributed by atoms with Crippen LogP contribution in [0, 0.1) is 0 Å². The van der Waals surface area contributed by atoms with E-state index in [1.165, 1.54) is 0 Å². The minimum atomic E-state index is -0.833. The molecule has 92 valence electrons. The Bertz CT molecular complexity index is 464. The number of phenolic OH excluding ortho intramolecular Hbond substituents is 1. The zero-order valence-electron chi connectivity index (χ0n) is 9.66. The number of aromatic hydroxyl groups is 1. The first-order chi connectivity index (χ1) is 7.98. The summed E-state index contributed by atoms with van der Waals surface area (Å²) in [5.74, 6) is -0.615. The molecule has 17 heavy (non-hydrogen) atoms. The summed E-state index contributed by atoms with van der Waals surface area (Å²) in [4.78, 5) is 10.9. The van der Waals surface area contributed by atoms with Gasteiger partial charge in [-0.2, -0.15) is 0 Å². The molecule has 1 fully saturated rings. The number of rotatable bonds is 4. The maximum atomic E-state index is 10.9. The maximum Gasteiger partial charge on any atom is 0.304 e. The molecular formula is C13H15ClO3. The van der Waals surface area contributed by atoms with Gasteiger partial charge in [-0.25, -0.2) is 0 Å². The SMILES string of the molecule is CCc1cc(Cl)cc(C2(CC(=O)O)CC2)c1O. The summed E-state index contributed by atoms with van der Waals surface area (Å²) in [5.41, 5.74) is 1.08. The van der Waals surface area contributed by atoms with Crippen molar-refractivity contribution in [1.29, 1.82) is 0 Å². The fourth-order valence-electron chi connectivity index (χ4n) is 2.31. The lowest BCUT2D eigenvalue weighted by Crippen LogP contribution is -2.13. The highest BCUT2D eigenvalue weighted by Crippen LogP contribution is 2.54. The zero-order valence-corrected chi connectivity index (χ0v) is 10.4. The van der Waals surface area contributed by atoms with Crippen LogP contribution in [0.5, 0.6) is 5.75 Å². The zero-order chi connectivity index (χ0) is 12.6. The lowest BCUT2D eigenvalue weighted by molar-refractivity contribution is -0.137. The summed E-state index contributed by atoms with van der Waals surface area (Å²) in [6.45, 7) is 1.94. The van der Waals surface area contributed by atoms with Crippen molar-refractivity contribution in [3.05, 3.63) is 28.3 Å². The Kier molecular flexibility index (Phi) is 3.04. The third kappa shape index (κ3) is 2.25. The first kappa shape index (κ1) is 12.2. The second-order valence-electron chi connectivity index (χ2n) is 4.67. The predicted octanol–water partition coefficient (Wildman–Crippen LogP) is 3.11.